The zero-order chi connectivity index (χ0) is 28.1. The Morgan fingerprint density at radius 3 is 2.55 bits per heavy atom. The van der Waals surface area contributed by atoms with E-state index in [4.69, 9.17) is 0 Å². The van der Waals surface area contributed by atoms with Crippen molar-refractivity contribution in [2.75, 3.05) is 17.2 Å². The van der Waals surface area contributed by atoms with Crippen molar-refractivity contribution >= 4 is 23.2 Å². The summed E-state index contributed by atoms with van der Waals surface area (Å²) in [7, 11) is 0. The molecule has 5 rings (SSSR count). The summed E-state index contributed by atoms with van der Waals surface area (Å²) in [5.74, 6) is -1.58. The predicted molar refractivity (Wildman–Crippen MR) is 152 cm³/mol. The number of nitrogens with one attached hydrogen (secondary N) is 2. The Labute approximate surface area is 232 Å². The quantitative estimate of drug-likeness (QED) is 0.226. The molecule has 9 heteroatoms. The molecule has 2 heterocycles. The van der Waals surface area contributed by atoms with Gasteiger partial charge in [0.1, 0.15) is 0 Å². The highest BCUT2D eigenvalue weighted by Gasteiger charge is 2.48. The number of aliphatic hydroxyl groups excluding tert-OH is 1. The van der Waals surface area contributed by atoms with E-state index in [1.807, 2.05) is 54.7 Å². The number of amides is 2. The van der Waals surface area contributed by atoms with Gasteiger partial charge < -0.3 is 20.8 Å². The molecule has 0 saturated heterocycles. The van der Waals surface area contributed by atoms with E-state index in [1.54, 1.807) is 54.1 Å². The average Bonchev–Trinajstić information content (AvgIpc) is 3.55. The van der Waals surface area contributed by atoms with Crippen LogP contribution in [0.3, 0.4) is 0 Å². The molecule has 204 valence electrons. The van der Waals surface area contributed by atoms with Gasteiger partial charge in [-0.15, -0.1) is 5.10 Å². The van der Waals surface area contributed by atoms with Crippen molar-refractivity contribution in [1.82, 2.24) is 15.0 Å². The summed E-state index contributed by atoms with van der Waals surface area (Å²) >= 11 is 0. The van der Waals surface area contributed by atoms with Crippen molar-refractivity contribution in [3.05, 3.63) is 120 Å². The van der Waals surface area contributed by atoms with E-state index in [0.717, 1.165) is 5.56 Å². The normalized spacial score (nSPS) is 17.8. The average molecular weight is 538 g/mol. The number of benzene rings is 3. The first-order valence-electron chi connectivity index (χ1n) is 13.2. The first kappa shape index (κ1) is 27.0. The molecule has 2 amide bonds. The lowest BCUT2D eigenvalue weighted by atomic mass is 9.82. The van der Waals surface area contributed by atoms with Crippen LogP contribution in [0.5, 0.6) is 0 Å². The molecule has 0 saturated carbocycles. The van der Waals surface area contributed by atoms with Crippen LogP contribution in [0, 0.1) is 5.92 Å². The highest BCUT2D eigenvalue weighted by atomic mass is 16.3. The lowest BCUT2D eigenvalue weighted by Gasteiger charge is -2.26. The Kier molecular flexibility index (Phi) is 7.86. The second-order valence-corrected chi connectivity index (χ2v) is 9.86. The molecule has 1 aliphatic heterocycles. The number of hydrogen-bond donors (Lipinski definition) is 4. The number of rotatable bonds is 10. The minimum Gasteiger partial charge on any atom is -0.395 e. The molecule has 0 aliphatic carbocycles. The van der Waals surface area contributed by atoms with Gasteiger partial charge in [0.2, 0.25) is 0 Å². The third kappa shape index (κ3) is 5.42. The maximum Gasteiger partial charge on any atom is 0.261 e. The maximum absolute atomic E-state index is 12.9. The minimum atomic E-state index is -1.79. The van der Waals surface area contributed by atoms with E-state index in [9.17, 15) is 19.8 Å². The summed E-state index contributed by atoms with van der Waals surface area (Å²) in [6.45, 7) is 2.25. The Morgan fingerprint density at radius 1 is 1.10 bits per heavy atom. The van der Waals surface area contributed by atoms with Crippen LogP contribution in [0.15, 0.2) is 97.2 Å². The molecule has 0 radical (unpaired) electrons. The second-order valence-electron chi connectivity index (χ2n) is 9.86. The standard InChI is InChI=1S/C31H31N5O4/c1-21(10-8-9-17-36-19-28(34-35-36)25(20-37)22-11-4-2-5-12-22)31(40)26-18-24(15-16-27(26)33-30(31)39)32-29(38)23-13-6-3-7-14-23/h2-8,10-16,18-19,21,25,37,40H,9,17,20H2,1H3,(H,32,38)(H,33,39)/b10-8+/t21-,25?,31+/m0/s1. The Hall–Kier alpha value is -4.60. The number of carbonyl (C=O) groups excluding carboxylic acids is 2. The molecule has 0 spiro atoms. The van der Waals surface area contributed by atoms with E-state index in [-0.39, 0.29) is 18.4 Å². The molecular weight excluding hydrogens is 506 g/mol. The number of nitrogens with zero attached hydrogens (tertiary/aromatic N) is 3. The van der Waals surface area contributed by atoms with Gasteiger partial charge in [0, 0.05) is 41.2 Å². The van der Waals surface area contributed by atoms with Crippen molar-refractivity contribution in [3.8, 4) is 0 Å². The minimum absolute atomic E-state index is 0.0695. The maximum atomic E-state index is 12.9. The van der Waals surface area contributed by atoms with Gasteiger partial charge >= 0.3 is 0 Å². The zero-order valence-electron chi connectivity index (χ0n) is 22.1. The van der Waals surface area contributed by atoms with E-state index >= 15 is 0 Å². The monoisotopic (exact) mass is 537 g/mol. The highest BCUT2D eigenvalue weighted by Crippen LogP contribution is 2.43. The molecule has 3 aromatic carbocycles. The fraction of sp³-hybridized carbons (Fsp3) is 0.226. The Bertz CT molecular complexity index is 1520. The lowest BCUT2D eigenvalue weighted by Crippen LogP contribution is -2.39. The molecule has 1 aromatic heterocycles. The summed E-state index contributed by atoms with van der Waals surface area (Å²) in [6, 6.07) is 23.5. The van der Waals surface area contributed by atoms with Gasteiger partial charge in [-0.2, -0.15) is 0 Å². The summed E-state index contributed by atoms with van der Waals surface area (Å²) in [6.07, 6.45) is 6.13. The summed E-state index contributed by atoms with van der Waals surface area (Å²) in [5.41, 5.74) is 1.79. The van der Waals surface area contributed by atoms with E-state index in [0.29, 0.717) is 41.2 Å². The molecule has 9 nitrogen and oxygen atoms in total. The van der Waals surface area contributed by atoms with Crippen LogP contribution in [0.2, 0.25) is 0 Å². The molecule has 3 atom stereocenters. The van der Waals surface area contributed by atoms with Crippen LogP contribution < -0.4 is 10.6 Å². The van der Waals surface area contributed by atoms with Crippen LogP contribution >= 0.6 is 0 Å². The molecule has 0 fully saturated rings. The molecule has 4 N–H and O–H groups in total. The van der Waals surface area contributed by atoms with Gasteiger partial charge in [0.05, 0.1) is 18.2 Å². The number of allylic oxidation sites excluding steroid dienone is 1. The number of anilines is 2. The van der Waals surface area contributed by atoms with E-state index < -0.39 is 17.4 Å². The van der Waals surface area contributed by atoms with Crippen molar-refractivity contribution < 1.29 is 19.8 Å². The van der Waals surface area contributed by atoms with Gasteiger partial charge in [0.15, 0.2) is 5.60 Å². The number of aryl methyl sites for hydroxylation is 1. The third-order valence-corrected chi connectivity index (χ3v) is 7.22. The molecular formula is C31H31N5O4. The molecule has 1 aliphatic rings. The van der Waals surface area contributed by atoms with Gasteiger partial charge in [0.25, 0.3) is 11.8 Å². The second kappa shape index (κ2) is 11.6. The van der Waals surface area contributed by atoms with Crippen LogP contribution in [-0.2, 0) is 16.9 Å². The predicted octanol–water partition coefficient (Wildman–Crippen LogP) is 4.08. The topological polar surface area (TPSA) is 129 Å². The third-order valence-electron chi connectivity index (χ3n) is 7.22. The van der Waals surface area contributed by atoms with E-state index in [2.05, 4.69) is 20.9 Å². The molecule has 40 heavy (non-hydrogen) atoms. The summed E-state index contributed by atoms with van der Waals surface area (Å²) < 4.78 is 1.71. The van der Waals surface area contributed by atoms with E-state index in [1.165, 1.54) is 0 Å². The first-order chi connectivity index (χ1) is 19.4. The number of hydrogen-bond acceptors (Lipinski definition) is 6. The number of aliphatic hydroxyl groups is 2. The largest absolute Gasteiger partial charge is 0.395 e. The SMILES string of the molecule is C[C@@H](/C=C/CCn1cc(C(CO)c2ccccc2)nn1)[C@]1(O)C(=O)Nc2ccc(NC(=O)c3ccccc3)cc21. The Balaban J connectivity index is 1.24. The fourth-order valence-corrected chi connectivity index (χ4v) is 4.91. The number of carbonyl (C=O) groups is 2. The van der Waals surface area contributed by atoms with Gasteiger partial charge in [-0.1, -0.05) is 72.8 Å². The number of fused-ring (bicyclic) bond motifs is 1. The first-order valence-corrected chi connectivity index (χ1v) is 13.2. The molecule has 1 unspecified atom stereocenters. The lowest BCUT2D eigenvalue weighted by molar-refractivity contribution is -0.137. The van der Waals surface area contributed by atoms with Crippen molar-refractivity contribution in [3.63, 3.8) is 0 Å². The highest BCUT2D eigenvalue weighted by molar-refractivity contribution is 6.07. The molecule has 4 aromatic rings. The zero-order valence-corrected chi connectivity index (χ0v) is 22.1. The van der Waals surface area contributed by atoms with Crippen molar-refractivity contribution in [2.45, 2.75) is 31.4 Å². The van der Waals surface area contributed by atoms with Crippen LogP contribution in [0.4, 0.5) is 11.4 Å². The number of aromatic nitrogens is 3. The fourth-order valence-electron chi connectivity index (χ4n) is 4.91. The smallest absolute Gasteiger partial charge is 0.261 e. The van der Waals surface area contributed by atoms with Crippen LogP contribution in [0.25, 0.3) is 0 Å². The van der Waals surface area contributed by atoms with Crippen LogP contribution in [-0.4, -0.2) is 43.6 Å². The summed E-state index contributed by atoms with van der Waals surface area (Å²) in [5, 5.41) is 35.4. The molecule has 0 bridgehead atoms. The summed E-state index contributed by atoms with van der Waals surface area (Å²) in [4.78, 5) is 25.5. The van der Waals surface area contributed by atoms with Crippen molar-refractivity contribution in [1.29, 1.82) is 0 Å². The van der Waals surface area contributed by atoms with Crippen molar-refractivity contribution in [2.24, 2.45) is 5.92 Å². The van der Waals surface area contributed by atoms with Gasteiger partial charge in [-0.3, -0.25) is 14.3 Å². The van der Waals surface area contributed by atoms with Crippen LogP contribution in [0.1, 0.15) is 46.4 Å². The van der Waals surface area contributed by atoms with Gasteiger partial charge in [-0.25, -0.2) is 0 Å². The Morgan fingerprint density at radius 2 is 1.82 bits per heavy atom. The van der Waals surface area contributed by atoms with Gasteiger partial charge in [-0.05, 0) is 42.3 Å².